The number of ether oxygens (including phenoxy) is 1. The molecule has 0 aliphatic carbocycles. The summed E-state index contributed by atoms with van der Waals surface area (Å²) in [6.07, 6.45) is 1.16. The van der Waals surface area contributed by atoms with E-state index in [0.717, 1.165) is 31.9 Å². The van der Waals surface area contributed by atoms with Gasteiger partial charge in [-0.2, -0.15) is 0 Å². The third-order valence-corrected chi connectivity index (χ3v) is 3.52. The van der Waals surface area contributed by atoms with E-state index in [4.69, 9.17) is 10.5 Å². The number of hydrogen-bond acceptors (Lipinski definition) is 3. The highest BCUT2D eigenvalue weighted by molar-refractivity contribution is 5.53. The normalized spacial score (nSPS) is 29.3. The molecule has 1 saturated heterocycles. The first-order valence-electron chi connectivity index (χ1n) is 5.54. The Morgan fingerprint density at radius 2 is 2.33 bits per heavy atom. The van der Waals surface area contributed by atoms with Crippen LogP contribution in [0.5, 0.6) is 0 Å². The number of hydrogen-bond donors (Lipinski definition) is 2. The standard InChI is InChI=1S/C12H16N2O/c13-11-3-1-2-9-10(11)6-14-12(9)8-4-5-15-7-8/h1-3,8,12,14H,4-7,13H2. The van der Waals surface area contributed by atoms with Crippen molar-refractivity contribution in [1.29, 1.82) is 0 Å². The average molecular weight is 204 g/mol. The summed E-state index contributed by atoms with van der Waals surface area (Å²) < 4.78 is 5.44. The van der Waals surface area contributed by atoms with Crippen LogP contribution in [-0.2, 0) is 11.3 Å². The lowest BCUT2D eigenvalue weighted by Crippen LogP contribution is -2.22. The largest absolute Gasteiger partial charge is 0.398 e. The molecule has 80 valence electrons. The van der Waals surface area contributed by atoms with Crippen LogP contribution in [0.2, 0.25) is 0 Å². The summed E-state index contributed by atoms with van der Waals surface area (Å²) in [7, 11) is 0. The van der Waals surface area contributed by atoms with Crippen molar-refractivity contribution < 1.29 is 4.74 Å². The summed E-state index contributed by atoms with van der Waals surface area (Å²) in [5.74, 6) is 0.619. The summed E-state index contributed by atoms with van der Waals surface area (Å²) in [6.45, 7) is 2.69. The Kier molecular flexibility index (Phi) is 2.15. The average Bonchev–Trinajstić information content (AvgIpc) is 2.85. The summed E-state index contributed by atoms with van der Waals surface area (Å²) in [5.41, 5.74) is 9.55. The van der Waals surface area contributed by atoms with E-state index in [9.17, 15) is 0 Å². The number of rotatable bonds is 1. The van der Waals surface area contributed by atoms with Crippen molar-refractivity contribution in [3.63, 3.8) is 0 Å². The van der Waals surface area contributed by atoms with Gasteiger partial charge in [-0.15, -0.1) is 0 Å². The Bertz CT molecular complexity index is 372. The third kappa shape index (κ3) is 1.43. The lowest BCUT2D eigenvalue weighted by atomic mass is 9.92. The SMILES string of the molecule is Nc1cccc2c1CNC2C1CCOC1. The maximum atomic E-state index is 5.96. The molecule has 2 heterocycles. The second-order valence-electron chi connectivity index (χ2n) is 4.40. The van der Waals surface area contributed by atoms with Crippen LogP contribution in [0.4, 0.5) is 5.69 Å². The van der Waals surface area contributed by atoms with Crippen LogP contribution in [0.1, 0.15) is 23.6 Å². The highest BCUT2D eigenvalue weighted by Crippen LogP contribution is 2.36. The van der Waals surface area contributed by atoms with Crippen molar-refractivity contribution in [2.45, 2.75) is 19.0 Å². The fraction of sp³-hybridized carbons (Fsp3) is 0.500. The van der Waals surface area contributed by atoms with Gasteiger partial charge < -0.3 is 15.8 Å². The van der Waals surface area contributed by atoms with Crippen molar-refractivity contribution in [3.05, 3.63) is 29.3 Å². The zero-order valence-corrected chi connectivity index (χ0v) is 8.70. The van der Waals surface area contributed by atoms with E-state index in [0.29, 0.717) is 12.0 Å². The van der Waals surface area contributed by atoms with Gasteiger partial charge in [0.2, 0.25) is 0 Å². The molecule has 0 radical (unpaired) electrons. The van der Waals surface area contributed by atoms with Gasteiger partial charge in [-0.3, -0.25) is 0 Å². The van der Waals surface area contributed by atoms with E-state index >= 15 is 0 Å². The molecular weight excluding hydrogens is 188 g/mol. The minimum absolute atomic E-state index is 0.450. The van der Waals surface area contributed by atoms with Crippen molar-refractivity contribution in [2.75, 3.05) is 18.9 Å². The monoisotopic (exact) mass is 204 g/mol. The number of nitrogens with one attached hydrogen (secondary N) is 1. The van der Waals surface area contributed by atoms with Gasteiger partial charge in [0.15, 0.2) is 0 Å². The third-order valence-electron chi connectivity index (χ3n) is 3.52. The van der Waals surface area contributed by atoms with Gasteiger partial charge in [0.1, 0.15) is 0 Å². The highest BCUT2D eigenvalue weighted by atomic mass is 16.5. The first kappa shape index (κ1) is 9.19. The minimum Gasteiger partial charge on any atom is -0.398 e. The number of benzene rings is 1. The van der Waals surface area contributed by atoms with E-state index < -0.39 is 0 Å². The first-order valence-corrected chi connectivity index (χ1v) is 5.54. The fourth-order valence-corrected chi connectivity index (χ4v) is 2.68. The van der Waals surface area contributed by atoms with Gasteiger partial charge in [-0.1, -0.05) is 12.1 Å². The molecule has 3 N–H and O–H groups in total. The van der Waals surface area contributed by atoms with Gasteiger partial charge in [0, 0.05) is 30.8 Å². The van der Waals surface area contributed by atoms with E-state index in [1.165, 1.54) is 11.1 Å². The summed E-state index contributed by atoms with van der Waals surface area (Å²) in [6, 6.07) is 6.66. The van der Waals surface area contributed by atoms with Crippen molar-refractivity contribution in [1.82, 2.24) is 5.32 Å². The Balaban J connectivity index is 1.94. The lowest BCUT2D eigenvalue weighted by Gasteiger charge is -2.18. The summed E-state index contributed by atoms with van der Waals surface area (Å²) in [4.78, 5) is 0. The quantitative estimate of drug-likeness (QED) is 0.681. The van der Waals surface area contributed by atoms with Crippen LogP contribution in [-0.4, -0.2) is 13.2 Å². The van der Waals surface area contributed by atoms with Crippen LogP contribution in [0, 0.1) is 5.92 Å². The van der Waals surface area contributed by atoms with Crippen molar-refractivity contribution >= 4 is 5.69 Å². The molecule has 0 saturated carbocycles. The second-order valence-corrected chi connectivity index (χ2v) is 4.40. The molecule has 0 spiro atoms. The lowest BCUT2D eigenvalue weighted by molar-refractivity contribution is 0.178. The molecule has 2 aliphatic heterocycles. The molecule has 2 unspecified atom stereocenters. The van der Waals surface area contributed by atoms with E-state index in [-0.39, 0.29) is 0 Å². The molecule has 3 heteroatoms. The van der Waals surface area contributed by atoms with Gasteiger partial charge in [0.25, 0.3) is 0 Å². The van der Waals surface area contributed by atoms with E-state index in [1.807, 2.05) is 12.1 Å². The molecule has 15 heavy (non-hydrogen) atoms. The van der Waals surface area contributed by atoms with Crippen LogP contribution >= 0.6 is 0 Å². The maximum absolute atomic E-state index is 5.96. The number of nitrogen functional groups attached to an aromatic ring is 1. The van der Waals surface area contributed by atoms with Gasteiger partial charge >= 0.3 is 0 Å². The fourth-order valence-electron chi connectivity index (χ4n) is 2.68. The van der Waals surface area contributed by atoms with Gasteiger partial charge in [-0.25, -0.2) is 0 Å². The molecular formula is C12H16N2O. The van der Waals surface area contributed by atoms with Crippen molar-refractivity contribution in [3.8, 4) is 0 Å². The Labute approximate surface area is 89.6 Å². The first-order chi connectivity index (χ1) is 7.36. The molecule has 1 aromatic rings. The second kappa shape index (κ2) is 3.51. The van der Waals surface area contributed by atoms with Crippen LogP contribution in [0.3, 0.4) is 0 Å². The van der Waals surface area contributed by atoms with Gasteiger partial charge in [-0.05, 0) is 23.6 Å². The molecule has 2 aliphatic rings. The maximum Gasteiger partial charge on any atom is 0.0513 e. The smallest absolute Gasteiger partial charge is 0.0513 e. The predicted octanol–water partition coefficient (Wildman–Crippen LogP) is 1.45. The van der Waals surface area contributed by atoms with E-state index in [1.54, 1.807) is 0 Å². The summed E-state index contributed by atoms with van der Waals surface area (Å²) >= 11 is 0. The highest BCUT2D eigenvalue weighted by Gasteiger charge is 2.32. The Morgan fingerprint density at radius 3 is 3.13 bits per heavy atom. The number of anilines is 1. The van der Waals surface area contributed by atoms with Gasteiger partial charge in [0.05, 0.1) is 6.61 Å². The molecule has 2 atom stereocenters. The predicted molar refractivity (Wildman–Crippen MR) is 59.4 cm³/mol. The number of nitrogens with two attached hydrogens (primary N) is 1. The molecule has 1 aromatic carbocycles. The van der Waals surface area contributed by atoms with Crippen LogP contribution in [0.15, 0.2) is 18.2 Å². The zero-order valence-electron chi connectivity index (χ0n) is 8.70. The molecule has 0 aromatic heterocycles. The van der Waals surface area contributed by atoms with E-state index in [2.05, 4.69) is 11.4 Å². The molecule has 3 rings (SSSR count). The zero-order chi connectivity index (χ0) is 10.3. The number of fused-ring (bicyclic) bond motifs is 1. The summed E-state index contributed by atoms with van der Waals surface area (Å²) in [5, 5.41) is 3.54. The molecule has 0 bridgehead atoms. The Morgan fingerprint density at radius 1 is 1.40 bits per heavy atom. The van der Waals surface area contributed by atoms with Crippen LogP contribution < -0.4 is 11.1 Å². The Hall–Kier alpha value is -1.06. The molecule has 1 fully saturated rings. The molecule has 0 amide bonds. The topological polar surface area (TPSA) is 47.3 Å². The van der Waals surface area contributed by atoms with Crippen LogP contribution in [0.25, 0.3) is 0 Å². The minimum atomic E-state index is 0.450. The molecule has 3 nitrogen and oxygen atoms in total. The van der Waals surface area contributed by atoms with Crippen molar-refractivity contribution in [2.24, 2.45) is 5.92 Å².